The molecule has 1 saturated carbocycles. The summed E-state index contributed by atoms with van der Waals surface area (Å²) in [5.41, 5.74) is 0. The second kappa shape index (κ2) is 3.01. The summed E-state index contributed by atoms with van der Waals surface area (Å²) in [7, 11) is 0. The molecule has 0 aromatic carbocycles. The molecule has 0 N–H and O–H groups in total. The van der Waals surface area contributed by atoms with Gasteiger partial charge in [0.2, 0.25) is 0 Å². The Balaban J connectivity index is 1.97. The summed E-state index contributed by atoms with van der Waals surface area (Å²) in [4.78, 5) is 22.4. The Hall–Kier alpha value is -1.06. The zero-order chi connectivity index (χ0) is 9.42. The lowest BCUT2D eigenvalue weighted by molar-refractivity contribution is -0.151. The molecule has 4 heteroatoms. The highest BCUT2D eigenvalue weighted by molar-refractivity contribution is 5.88. The van der Waals surface area contributed by atoms with E-state index in [4.69, 9.17) is 9.47 Å². The van der Waals surface area contributed by atoms with E-state index in [1.54, 1.807) is 6.92 Å². The normalized spacial score (nSPS) is 36.1. The summed E-state index contributed by atoms with van der Waals surface area (Å²) < 4.78 is 9.70. The van der Waals surface area contributed by atoms with Gasteiger partial charge in [0.15, 0.2) is 0 Å². The number of ether oxygens (including phenoxy) is 2. The molecule has 3 atom stereocenters. The monoisotopic (exact) mass is 184 g/mol. The molecule has 2 fully saturated rings. The first-order chi connectivity index (χ1) is 6.25. The van der Waals surface area contributed by atoms with Crippen LogP contribution in [0, 0.1) is 17.8 Å². The van der Waals surface area contributed by atoms with Gasteiger partial charge in [0.25, 0.3) is 0 Å². The van der Waals surface area contributed by atoms with Crippen LogP contribution in [0.4, 0.5) is 0 Å². The van der Waals surface area contributed by atoms with E-state index in [1.807, 2.05) is 0 Å². The maximum Gasteiger partial charge on any atom is 0.310 e. The van der Waals surface area contributed by atoms with Gasteiger partial charge in [-0.3, -0.25) is 9.59 Å². The molecule has 13 heavy (non-hydrogen) atoms. The molecule has 2 rings (SSSR count). The van der Waals surface area contributed by atoms with Crippen LogP contribution in [0.25, 0.3) is 0 Å². The Kier molecular flexibility index (Phi) is 1.98. The molecule has 1 aliphatic carbocycles. The summed E-state index contributed by atoms with van der Waals surface area (Å²) in [6.45, 7) is 2.60. The quantitative estimate of drug-likeness (QED) is 0.581. The van der Waals surface area contributed by atoms with Crippen molar-refractivity contribution in [1.29, 1.82) is 0 Å². The Labute approximate surface area is 76.2 Å². The molecule has 0 aromatic heterocycles. The Morgan fingerprint density at radius 1 is 1.69 bits per heavy atom. The lowest BCUT2D eigenvalue weighted by atomic mass is 10.2. The number of carbonyl (C=O) groups is 2. The fourth-order valence-corrected chi connectivity index (χ4v) is 2.01. The van der Waals surface area contributed by atoms with Crippen molar-refractivity contribution >= 4 is 11.9 Å². The van der Waals surface area contributed by atoms with Crippen LogP contribution < -0.4 is 0 Å². The maximum atomic E-state index is 11.3. The predicted molar refractivity (Wildman–Crippen MR) is 42.7 cm³/mol. The first-order valence-corrected chi connectivity index (χ1v) is 4.59. The van der Waals surface area contributed by atoms with Crippen LogP contribution in [-0.2, 0) is 19.1 Å². The van der Waals surface area contributed by atoms with Crippen molar-refractivity contribution < 1.29 is 19.1 Å². The second-order valence-electron chi connectivity index (χ2n) is 3.42. The van der Waals surface area contributed by atoms with Crippen molar-refractivity contribution in [2.45, 2.75) is 13.3 Å². The SMILES string of the molecule is CCOC(=O)C1C2CCOC(=O)C21. The van der Waals surface area contributed by atoms with E-state index in [-0.39, 0.29) is 29.7 Å². The van der Waals surface area contributed by atoms with Crippen LogP contribution in [0.2, 0.25) is 0 Å². The van der Waals surface area contributed by atoms with Crippen LogP contribution in [-0.4, -0.2) is 25.2 Å². The Morgan fingerprint density at radius 2 is 2.46 bits per heavy atom. The zero-order valence-electron chi connectivity index (χ0n) is 7.49. The van der Waals surface area contributed by atoms with Crippen LogP contribution in [0.1, 0.15) is 13.3 Å². The molecule has 3 unspecified atom stereocenters. The lowest BCUT2D eigenvalue weighted by Crippen LogP contribution is -2.15. The maximum absolute atomic E-state index is 11.3. The summed E-state index contributed by atoms with van der Waals surface area (Å²) in [6, 6.07) is 0. The summed E-state index contributed by atoms with van der Waals surface area (Å²) in [5.74, 6) is -0.686. The van der Waals surface area contributed by atoms with Crippen LogP contribution in [0.15, 0.2) is 0 Å². The molecular weight excluding hydrogens is 172 g/mol. The van der Waals surface area contributed by atoms with Gasteiger partial charge in [0.1, 0.15) is 0 Å². The number of carbonyl (C=O) groups excluding carboxylic acids is 2. The van der Waals surface area contributed by atoms with Crippen molar-refractivity contribution in [1.82, 2.24) is 0 Å². The van der Waals surface area contributed by atoms with Gasteiger partial charge < -0.3 is 9.47 Å². The minimum Gasteiger partial charge on any atom is -0.466 e. The average Bonchev–Trinajstić information content (AvgIpc) is 2.80. The highest BCUT2D eigenvalue weighted by Gasteiger charge is 2.62. The molecular formula is C9H12O4. The number of hydrogen-bond donors (Lipinski definition) is 0. The van der Waals surface area contributed by atoms with E-state index in [2.05, 4.69) is 0 Å². The fourth-order valence-electron chi connectivity index (χ4n) is 2.01. The molecule has 1 saturated heterocycles. The second-order valence-corrected chi connectivity index (χ2v) is 3.42. The van der Waals surface area contributed by atoms with Gasteiger partial charge in [0.05, 0.1) is 25.0 Å². The number of rotatable bonds is 2. The molecule has 72 valence electrons. The third-order valence-corrected chi connectivity index (χ3v) is 2.69. The minimum atomic E-state index is -0.239. The number of cyclic esters (lactones) is 1. The van der Waals surface area contributed by atoms with Crippen molar-refractivity contribution in [3.8, 4) is 0 Å². The minimum absolute atomic E-state index is 0.195. The van der Waals surface area contributed by atoms with Crippen molar-refractivity contribution in [2.75, 3.05) is 13.2 Å². The van der Waals surface area contributed by atoms with E-state index in [0.717, 1.165) is 6.42 Å². The van der Waals surface area contributed by atoms with Gasteiger partial charge in [-0.2, -0.15) is 0 Å². The largest absolute Gasteiger partial charge is 0.466 e. The predicted octanol–water partition coefficient (Wildman–Crippen LogP) is 0.359. The van der Waals surface area contributed by atoms with Gasteiger partial charge in [0, 0.05) is 0 Å². The topological polar surface area (TPSA) is 52.6 Å². The molecule has 1 aliphatic heterocycles. The van der Waals surface area contributed by atoms with Crippen LogP contribution in [0.5, 0.6) is 0 Å². The first kappa shape index (κ1) is 8.53. The van der Waals surface area contributed by atoms with Crippen LogP contribution >= 0.6 is 0 Å². The number of fused-ring (bicyclic) bond motifs is 1. The zero-order valence-corrected chi connectivity index (χ0v) is 7.49. The molecule has 4 nitrogen and oxygen atoms in total. The van der Waals surface area contributed by atoms with E-state index in [1.165, 1.54) is 0 Å². The lowest BCUT2D eigenvalue weighted by Gasteiger charge is -2.07. The standard InChI is InChI=1S/C9H12O4/c1-2-12-8(10)6-5-3-4-13-9(11)7(5)6/h5-7H,2-4H2,1H3. The summed E-state index contributed by atoms with van der Waals surface area (Å²) in [5, 5.41) is 0. The average molecular weight is 184 g/mol. The molecule has 0 bridgehead atoms. The molecule has 0 aromatic rings. The first-order valence-electron chi connectivity index (χ1n) is 4.59. The highest BCUT2D eigenvalue weighted by Crippen LogP contribution is 2.52. The third kappa shape index (κ3) is 1.30. The molecule has 0 radical (unpaired) electrons. The van der Waals surface area contributed by atoms with Gasteiger partial charge in [-0.25, -0.2) is 0 Å². The van der Waals surface area contributed by atoms with Crippen LogP contribution in [0.3, 0.4) is 0 Å². The molecule has 0 spiro atoms. The summed E-state index contributed by atoms with van der Waals surface area (Å²) in [6.07, 6.45) is 0.805. The smallest absolute Gasteiger partial charge is 0.310 e. The van der Waals surface area contributed by atoms with Gasteiger partial charge in [-0.1, -0.05) is 0 Å². The fraction of sp³-hybridized carbons (Fsp3) is 0.778. The number of hydrogen-bond acceptors (Lipinski definition) is 4. The van der Waals surface area contributed by atoms with Crippen molar-refractivity contribution in [2.24, 2.45) is 17.8 Å². The Bertz CT molecular complexity index is 248. The van der Waals surface area contributed by atoms with Crippen molar-refractivity contribution in [3.63, 3.8) is 0 Å². The van der Waals surface area contributed by atoms with Crippen molar-refractivity contribution in [3.05, 3.63) is 0 Å². The van der Waals surface area contributed by atoms with E-state index < -0.39 is 0 Å². The van der Waals surface area contributed by atoms with Gasteiger partial charge in [-0.05, 0) is 19.3 Å². The molecule has 1 heterocycles. The molecule has 2 aliphatic rings. The van der Waals surface area contributed by atoms with Gasteiger partial charge >= 0.3 is 11.9 Å². The molecule has 0 amide bonds. The third-order valence-electron chi connectivity index (χ3n) is 2.69. The highest BCUT2D eigenvalue weighted by atomic mass is 16.5. The van der Waals surface area contributed by atoms with E-state index in [9.17, 15) is 9.59 Å². The van der Waals surface area contributed by atoms with Gasteiger partial charge in [-0.15, -0.1) is 0 Å². The Morgan fingerprint density at radius 3 is 3.08 bits per heavy atom. The van der Waals surface area contributed by atoms with E-state index >= 15 is 0 Å². The van der Waals surface area contributed by atoms with E-state index in [0.29, 0.717) is 13.2 Å². The number of esters is 2. The summed E-state index contributed by atoms with van der Waals surface area (Å²) >= 11 is 0.